The van der Waals surface area contributed by atoms with Gasteiger partial charge in [0.25, 0.3) is 5.91 Å². The Labute approximate surface area is 198 Å². The van der Waals surface area contributed by atoms with Crippen molar-refractivity contribution < 1.29 is 22.7 Å². The van der Waals surface area contributed by atoms with E-state index < -0.39 is 17.6 Å². The van der Waals surface area contributed by atoms with Crippen LogP contribution in [0.3, 0.4) is 0 Å². The Morgan fingerprint density at radius 1 is 1.06 bits per heavy atom. The minimum atomic E-state index is -4.60. The van der Waals surface area contributed by atoms with Crippen LogP contribution in [0.4, 0.5) is 30.4 Å². The normalized spacial score (nSPS) is 14.3. The number of benzene rings is 2. The molecular formula is C25H22F3N5O2. The maximum atomic E-state index is 13.8. The summed E-state index contributed by atoms with van der Waals surface area (Å²) in [6, 6.07) is 14.4. The summed E-state index contributed by atoms with van der Waals surface area (Å²) in [5, 5.41) is 3.50. The van der Waals surface area contributed by atoms with Gasteiger partial charge in [-0.1, -0.05) is 6.07 Å². The van der Waals surface area contributed by atoms with Crippen molar-refractivity contribution >= 4 is 34.0 Å². The number of anilines is 3. The highest BCUT2D eigenvalue weighted by Gasteiger charge is 2.36. The van der Waals surface area contributed by atoms with Gasteiger partial charge < -0.3 is 25.3 Å². The van der Waals surface area contributed by atoms with Crippen molar-refractivity contribution in [1.29, 1.82) is 0 Å². The van der Waals surface area contributed by atoms with Gasteiger partial charge in [0.05, 0.1) is 24.3 Å². The molecule has 10 heteroatoms. The van der Waals surface area contributed by atoms with Crippen LogP contribution in [0, 0.1) is 0 Å². The Morgan fingerprint density at radius 3 is 2.63 bits per heavy atom. The van der Waals surface area contributed by atoms with Gasteiger partial charge in [0.1, 0.15) is 5.82 Å². The number of fused-ring (bicyclic) bond motifs is 1. The number of nitrogens with two attached hydrogens (primary N) is 1. The standard InChI is InChI=1S/C25H22F3N5O2/c26-25(27,28)20-14-16(4-5-22(20)32-10-12-35-13-11-32)24(34)31-17-2-1-3-18(15-17)33-9-7-19-21(33)6-8-30-23(19)29/h1-9,14-15H,10-13H2,(H2,29,30)(H,31,34). The highest BCUT2D eigenvalue weighted by atomic mass is 19.4. The number of carbonyl (C=O) groups is 1. The van der Waals surface area contributed by atoms with Gasteiger partial charge in [-0.2, -0.15) is 13.2 Å². The van der Waals surface area contributed by atoms with Gasteiger partial charge in [-0.25, -0.2) is 4.98 Å². The number of nitrogen functional groups attached to an aromatic ring is 1. The minimum absolute atomic E-state index is 0.0487. The van der Waals surface area contributed by atoms with E-state index in [2.05, 4.69) is 10.3 Å². The van der Waals surface area contributed by atoms with Crippen LogP contribution in [0.2, 0.25) is 0 Å². The first-order valence-electron chi connectivity index (χ1n) is 11.0. The third kappa shape index (κ3) is 4.52. The van der Waals surface area contributed by atoms with Crippen LogP contribution in [-0.2, 0) is 10.9 Å². The molecule has 0 bridgehead atoms. The molecule has 3 heterocycles. The molecule has 2 aromatic carbocycles. The molecule has 0 atom stereocenters. The van der Waals surface area contributed by atoms with Gasteiger partial charge in [0, 0.05) is 53.5 Å². The maximum absolute atomic E-state index is 13.8. The van der Waals surface area contributed by atoms with Gasteiger partial charge in [-0.05, 0) is 48.5 Å². The van der Waals surface area contributed by atoms with Crippen molar-refractivity contribution in [3.63, 3.8) is 0 Å². The third-order valence-corrected chi connectivity index (χ3v) is 5.95. The summed E-state index contributed by atoms with van der Waals surface area (Å²) in [4.78, 5) is 18.6. The fourth-order valence-electron chi connectivity index (χ4n) is 4.24. The largest absolute Gasteiger partial charge is 0.418 e. The highest BCUT2D eigenvalue weighted by Crippen LogP contribution is 2.37. The number of aromatic nitrogens is 2. The predicted molar refractivity (Wildman–Crippen MR) is 128 cm³/mol. The average molecular weight is 481 g/mol. The van der Waals surface area contributed by atoms with Crippen LogP contribution in [0.5, 0.6) is 0 Å². The number of alkyl halides is 3. The van der Waals surface area contributed by atoms with E-state index >= 15 is 0 Å². The first kappa shape index (κ1) is 22.7. The molecule has 5 rings (SSSR count). The number of nitrogens with one attached hydrogen (secondary N) is 1. The van der Waals surface area contributed by atoms with Crippen molar-refractivity contribution in [3.8, 4) is 5.69 Å². The van der Waals surface area contributed by atoms with E-state index in [1.54, 1.807) is 29.3 Å². The fraction of sp³-hybridized carbons (Fsp3) is 0.200. The summed E-state index contributed by atoms with van der Waals surface area (Å²) in [5.41, 5.74) is 7.11. The number of rotatable bonds is 4. The molecule has 1 fully saturated rings. The van der Waals surface area contributed by atoms with Crippen LogP contribution in [-0.4, -0.2) is 41.8 Å². The molecule has 1 aliphatic heterocycles. The maximum Gasteiger partial charge on any atom is 0.418 e. The summed E-state index contributed by atoms with van der Waals surface area (Å²) >= 11 is 0. The topological polar surface area (TPSA) is 85.4 Å². The van der Waals surface area contributed by atoms with E-state index in [1.807, 2.05) is 29.0 Å². The molecule has 2 aromatic heterocycles. The van der Waals surface area contributed by atoms with E-state index in [4.69, 9.17) is 10.5 Å². The Balaban J connectivity index is 1.42. The van der Waals surface area contributed by atoms with E-state index in [1.165, 1.54) is 12.1 Å². The number of amides is 1. The second kappa shape index (κ2) is 8.95. The highest BCUT2D eigenvalue weighted by molar-refractivity contribution is 6.05. The number of hydrogen-bond acceptors (Lipinski definition) is 5. The lowest BCUT2D eigenvalue weighted by molar-refractivity contribution is -0.137. The molecule has 3 N–H and O–H groups in total. The quantitative estimate of drug-likeness (QED) is 0.441. The van der Waals surface area contributed by atoms with Gasteiger partial charge in [-0.15, -0.1) is 0 Å². The summed E-state index contributed by atoms with van der Waals surface area (Å²) in [6.07, 6.45) is -1.15. The van der Waals surface area contributed by atoms with Crippen LogP contribution in [0.1, 0.15) is 15.9 Å². The van der Waals surface area contributed by atoms with Crippen molar-refractivity contribution in [2.45, 2.75) is 6.18 Å². The van der Waals surface area contributed by atoms with Crippen molar-refractivity contribution in [3.05, 3.63) is 78.1 Å². The summed E-state index contributed by atoms with van der Waals surface area (Å²) in [6.45, 7) is 1.43. The zero-order valence-corrected chi connectivity index (χ0v) is 18.5. The van der Waals surface area contributed by atoms with Gasteiger partial charge in [0.2, 0.25) is 0 Å². The lowest BCUT2D eigenvalue weighted by Gasteiger charge is -2.31. The molecule has 0 aliphatic carbocycles. The molecule has 180 valence electrons. The summed E-state index contributed by atoms with van der Waals surface area (Å²) in [7, 11) is 0. The molecule has 7 nitrogen and oxygen atoms in total. The number of carbonyl (C=O) groups excluding carboxylic acids is 1. The van der Waals surface area contributed by atoms with Crippen LogP contribution < -0.4 is 16.0 Å². The van der Waals surface area contributed by atoms with Gasteiger partial charge in [-0.3, -0.25) is 4.79 Å². The molecule has 1 amide bonds. The molecule has 0 spiro atoms. The minimum Gasteiger partial charge on any atom is -0.383 e. The molecule has 1 saturated heterocycles. The molecule has 0 saturated carbocycles. The number of morpholine rings is 1. The number of nitrogens with zero attached hydrogens (tertiary/aromatic N) is 3. The number of pyridine rings is 1. The Bertz CT molecular complexity index is 1390. The van der Waals surface area contributed by atoms with Crippen LogP contribution in [0.15, 0.2) is 67.0 Å². The molecular weight excluding hydrogens is 459 g/mol. The lowest BCUT2D eigenvalue weighted by Crippen LogP contribution is -2.37. The first-order chi connectivity index (χ1) is 16.8. The second-order valence-electron chi connectivity index (χ2n) is 8.15. The Morgan fingerprint density at radius 2 is 1.86 bits per heavy atom. The zero-order chi connectivity index (χ0) is 24.6. The van der Waals surface area contributed by atoms with Crippen molar-refractivity contribution in [2.75, 3.05) is 42.3 Å². The zero-order valence-electron chi connectivity index (χ0n) is 18.5. The molecule has 0 radical (unpaired) electrons. The van der Waals surface area contributed by atoms with E-state index in [9.17, 15) is 18.0 Å². The monoisotopic (exact) mass is 481 g/mol. The second-order valence-corrected chi connectivity index (χ2v) is 8.15. The van der Waals surface area contributed by atoms with Crippen LogP contribution in [0.25, 0.3) is 16.6 Å². The molecule has 4 aromatic rings. The summed E-state index contributed by atoms with van der Waals surface area (Å²) < 4.78 is 48.6. The number of halogens is 3. The van der Waals surface area contributed by atoms with Gasteiger partial charge in [0.15, 0.2) is 0 Å². The van der Waals surface area contributed by atoms with E-state index in [0.29, 0.717) is 37.8 Å². The smallest absolute Gasteiger partial charge is 0.383 e. The van der Waals surface area contributed by atoms with Gasteiger partial charge >= 0.3 is 6.18 Å². The molecule has 35 heavy (non-hydrogen) atoms. The number of hydrogen-bond donors (Lipinski definition) is 2. The third-order valence-electron chi connectivity index (χ3n) is 5.95. The Kier molecular flexibility index (Phi) is 5.81. The average Bonchev–Trinajstić information content (AvgIpc) is 3.29. The van der Waals surface area contributed by atoms with E-state index in [-0.39, 0.29) is 11.3 Å². The lowest BCUT2D eigenvalue weighted by atomic mass is 10.1. The number of ether oxygens (including phenoxy) is 1. The van der Waals surface area contributed by atoms with Crippen LogP contribution >= 0.6 is 0 Å². The molecule has 0 unspecified atom stereocenters. The predicted octanol–water partition coefficient (Wildman–Crippen LogP) is 4.72. The van der Waals surface area contributed by atoms with Crippen molar-refractivity contribution in [2.24, 2.45) is 0 Å². The SMILES string of the molecule is Nc1nccc2c1ccn2-c1cccc(NC(=O)c2ccc(N3CCOCC3)c(C(F)(F)F)c2)c1. The fourth-order valence-corrected chi connectivity index (χ4v) is 4.24. The first-order valence-corrected chi connectivity index (χ1v) is 11.0. The summed E-state index contributed by atoms with van der Waals surface area (Å²) in [5.74, 6) is -0.223. The molecule has 1 aliphatic rings. The van der Waals surface area contributed by atoms with E-state index in [0.717, 1.165) is 22.7 Å². The Hall–Kier alpha value is -4.05. The van der Waals surface area contributed by atoms with Crippen molar-refractivity contribution in [1.82, 2.24) is 9.55 Å².